The van der Waals surface area contributed by atoms with Crippen molar-refractivity contribution in [2.45, 2.75) is 32.4 Å². The van der Waals surface area contributed by atoms with Crippen LogP contribution in [0.3, 0.4) is 0 Å². The van der Waals surface area contributed by atoms with Gasteiger partial charge in [-0.3, -0.25) is 4.90 Å². The molecule has 1 saturated heterocycles. The number of benzene rings is 1. The molecule has 2 N–H and O–H groups in total. The van der Waals surface area contributed by atoms with Crippen molar-refractivity contribution in [3.63, 3.8) is 0 Å². The van der Waals surface area contributed by atoms with E-state index in [1.165, 1.54) is 0 Å². The molecule has 1 aliphatic heterocycles. The van der Waals surface area contributed by atoms with Crippen LogP contribution in [-0.2, 0) is 0 Å². The smallest absolute Gasteiger partial charge is 0.119 e. The molecule has 1 heterocycles. The molecule has 20 heavy (non-hydrogen) atoms. The van der Waals surface area contributed by atoms with Crippen LogP contribution in [0.5, 0.6) is 5.75 Å². The third-order valence-electron chi connectivity index (χ3n) is 3.63. The molecule has 0 radical (unpaired) electrons. The van der Waals surface area contributed by atoms with Gasteiger partial charge in [-0.1, -0.05) is 12.1 Å². The van der Waals surface area contributed by atoms with Crippen LogP contribution in [0.4, 0.5) is 0 Å². The third kappa shape index (κ3) is 4.20. The Kier molecular flexibility index (Phi) is 5.83. The molecule has 0 amide bonds. The zero-order chi connectivity index (χ0) is 14.4. The van der Waals surface area contributed by atoms with Crippen LogP contribution < -0.4 is 10.1 Å². The van der Waals surface area contributed by atoms with E-state index < -0.39 is 0 Å². The molecule has 1 aromatic rings. The predicted octanol–water partition coefficient (Wildman–Crippen LogP) is 1.80. The van der Waals surface area contributed by atoms with Crippen molar-refractivity contribution in [1.82, 2.24) is 10.2 Å². The Bertz CT molecular complexity index is 384. The van der Waals surface area contributed by atoms with Gasteiger partial charge < -0.3 is 15.2 Å². The Balaban J connectivity index is 2.06. The predicted molar refractivity (Wildman–Crippen MR) is 81.1 cm³/mol. The van der Waals surface area contributed by atoms with Crippen LogP contribution in [0.2, 0.25) is 0 Å². The summed E-state index contributed by atoms with van der Waals surface area (Å²) in [5.41, 5.74) is 1.16. The molecule has 0 aromatic heterocycles. The lowest BCUT2D eigenvalue weighted by Crippen LogP contribution is -2.34. The second-order valence-electron chi connectivity index (χ2n) is 5.57. The van der Waals surface area contributed by atoms with E-state index in [2.05, 4.69) is 22.3 Å². The molecule has 1 atom stereocenters. The molecular weight excluding hydrogens is 252 g/mol. The van der Waals surface area contributed by atoms with Gasteiger partial charge in [0.05, 0.1) is 18.8 Å². The number of ether oxygens (including phenoxy) is 1. The fourth-order valence-corrected chi connectivity index (χ4v) is 2.65. The summed E-state index contributed by atoms with van der Waals surface area (Å²) in [6.45, 7) is 8.27. The van der Waals surface area contributed by atoms with Gasteiger partial charge in [0.1, 0.15) is 5.75 Å². The van der Waals surface area contributed by atoms with E-state index in [1.54, 1.807) is 0 Å². The van der Waals surface area contributed by atoms with Crippen molar-refractivity contribution < 1.29 is 9.84 Å². The van der Waals surface area contributed by atoms with Crippen molar-refractivity contribution in [3.05, 3.63) is 29.8 Å². The molecular formula is C16H26N2O2. The van der Waals surface area contributed by atoms with E-state index in [1.807, 2.05) is 26.0 Å². The number of hydrogen-bond donors (Lipinski definition) is 2. The third-order valence-corrected chi connectivity index (χ3v) is 3.63. The minimum atomic E-state index is 0.0861. The van der Waals surface area contributed by atoms with Crippen LogP contribution in [0.25, 0.3) is 0 Å². The summed E-state index contributed by atoms with van der Waals surface area (Å²) >= 11 is 0. The van der Waals surface area contributed by atoms with Crippen molar-refractivity contribution >= 4 is 0 Å². The molecule has 4 nitrogen and oxygen atoms in total. The standard InChI is InChI=1S/C16H26N2O2/c1-13(2)20-15-6-4-14(5-7-15)16(12-19)18-10-3-8-17-9-11-18/h4-7,13,16-17,19H,3,8-12H2,1-2H3. The van der Waals surface area contributed by atoms with Gasteiger partial charge >= 0.3 is 0 Å². The fraction of sp³-hybridized carbons (Fsp3) is 0.625. The summed E-state index contributed by atoms with van der Waals surface area (Å²) in [5.74, 6) is 0.887. The number of hydrogen-bond acceptors (Lipinski definition) is 4. The average Bonchev–Trinajstić information content (AvgIpc) is 2.70. The van der Waals surface area contributed by atoms with Crippen LogP contribution in [0, 0.1) is 0 Å². The highest BCUT2D eigenvalue weighted by atomic mass is 16.5. The summed E-state index contributed by atoms with van der Waals surface area (Å²) in [5, 5.41) is 13.1. The van der Waals surface area contributed by atoms with E-state index in [9.17, 15) is 5.11 Å². The van der Waals surface area contributed by atoms with Crippen LogP contribution >= 0.6 is 0 Å². The van der Waals surface area contributed by atoms with Gasteiger partial charge in [0.2, 0.25) is 0 Å². The maximum Gasteiger partial charge on any atom is 0.119 e. The van der Waals surface area contributed by atoms with Crippen LogP contribution in [0.1, 0.15) is 31.9 Å². The Hall–Kier alpha value is -1.10. The van der Waals surface area contributed by atoms with Gasteiger partial charge in [0, 0.05) is 19.6 Å². The first-order chi connectivity index (χ1) is 9.70. The Labute approximate surface area is 121 Å². The van der Waals surface area contributed by atoms with E-state index in [4.69, 9.17) is 4.74 Å². The second kappa shape index (κ2) is 7.62. The topological polar surface area (TPSA) is 44.7 Å². The molecule has 2 rings (SSSR count). The molecule has 4 heteroatoms. The van der Waals surface area contributed by atoms with E-state index in [-0.39, 0.29) is 18.8 Å². The molecule has 0 saturated carbocycles. The molecule has 1 aliphatic rings. The molecule has 112 valence electrons. The molecule has 1 unspecified atom stereocenters. The Morgan fingerprint density at radius 2 is 1.95 bits per heavy atom. The first-order valence-corrected chi connectivity index (χ1v) is 7.53. The van der Waals surface area contributed by atoms with Gasteiger partial charge in [-0.25, -0.2) is 0 Å². The highest BCUT2D eigenvalue weighted by molar-refractivity contribution is 5.29. The van der Waals surface area contributed by atoms with E-state index in [0.29, 0.717) is 0 Å². The number of nitrogens with one attached hydrogen (secondary N) is 1. The largest absolute Gasteiger partial charge is 0.491 e. The molecule has 1 fully saturated rings. The summed E-state index contributed by atoms with van der Waals surface area (Å²) in [6, 6.07) is 8.21. The minimum Gasteiger partial charge on any atom is -0.491 e. The number of nitrogens with zero attached hydrogens (tertiary/aromatic N) is 1. The highest BCUT2D eigenvalue weighted by Gasteiger charge is 2.20. The maximum absolute atomic E-state index is 9.74. The first kappa shape index (κ1) is 15.3. The van der Waals surface area contributed by atoms with Crippen molar-refractivity contribution in [1.29, 1.82) is 0 Å². The lowest BCUT2D eigenvalue weighted by atomic mass is 10.1. The average molecular weight is 278 g/mol. The zero-order valence-corrected chi connectivity index (χ0v) is 12.5. The second-order valence-corrected chi connectivity index (χ2v) is 5.57. The van der Waals surface area contributed by atoms with Crippen molar-refractivity contribution in [2.24, 2.45) is 0 Å². The quantitative estimate of drug-likeness (QED) is 0.862. The van der Waals surface area contributed by atoms with Gasteiger partial charge in [0.25, 0.3) is 0 Å². The van der Waals surface area contributed by atoms with Crippen molar-refractivity contribution in [2.75, 3.05) is 32.8 Å². The number of rotatable bonds is 5. The summed E-state index contributed by atoms with van der Waals surface area (Å²) in [4.78, 5) is 2.36. The Morgan fingerprint density at radius 3 is 2.60 bits per heavy atom. The fourth-order valence-electron chi connectivity index (χ4n) is 2.65. The Morgan fingerprint density at radius 1 is 1.20 bits per heavy atom. The normalized spacial score (nSPS) is 18.8. The number of aliphatic hydroxyl groups is 1. The first-order valence-electron chi connectivity index (χ1n) is 7.53. The SMILES string of the molecule is CC(C)Oc1ccc(C(CO)N2CCCNCC2)cc1. The number of aliphatic hydroxyl groups excluding tert-OH is 1. The van der Waals surface area contributed by atoms with Gasteiger partial charge in [-0.05, 0) is 44.5 Å². The maximum atomic E-state index is 9.74. The lowest BCUT2D eigenvalue weighted by molar-refractivity contribution is 0.129. The summed E-state index contributed by atoms with van der Waals surface area (Å²) < 4.78 is 5.66. The van der Waals surface area contributed by atoms with Gasteiger partial charge in [-0.15, -0.1) is 0 Å². The summed E-state index contributed by atoms with van der Waals surface area (Å²) in [6.07, 6.45) is 1.32. The highest BCUT2D eigenvalue weighted by Crippen LogP contribution is 2.23. The van der Waals surface area contributed by atoms with E-state index in [0.717, 1.165) is 43.9 Å². The van der Waals surface area contributed by atoms with E-state index >= 15 is 0 Å². The molecule has 0 spiro atoms. The van der Waals surface area contributed by atoms with Gasteiger partial charge in [-0.2, -0.15) is 0 Å². The minimum absolute atomic E-state index is 0.0861. The lowest BCUT2D eigenvalue weighted by Gasteiger charge is -2.29. The monoisotopic (exact) mass is 278 g/mol. The zero-order valence-electron chi connectivity index (χ0n) is 12.5. The molecule has 0 aliphatic carbocycles. The summed E-state index contributed by atoms with van der Waals surface area (Å²) in [7, 11) is 0. The molecule has 1 aromatic carbocycles. The van der Waals surface area contributed by atoms with Crippen LogP contribution in [0.15, 0.2) is 24.3 Å². The molecule has 0 bridgehead atoms. The van der Waals surface area contributed by atoms with Gasteiger partial charge in [0.15, 0.2) is 0 Å². The van der Waals surface area contributed by atoms with Crippen molar-refractivity contribution in [3.8, 4) is 5.75 Å². The van der Waals surface area contributed by atoms with Crippen LogP contribution in [-0.4, -0.2) is 48.9 Å².